The monoisotopic (exact) mass is 596 g/mol. The number of aromatic hydroxyl groups is 2. The number of methoxy groups -OCH3 is 1. The van der Waals surface area contributed by atoms with E-state index in [0.29, 0.717) is 6.32 Å². The smallest absolute Gasteiger partial charge is 0.293 e. The van der Waals surface area contributed by atoms with E-state index in [1.54, 1.807) is 6.92 Å². The number of phenolic OH excluding ortho intramolecular Hbond substituents is 2. The minimum atomic E-state index is -2.14. The van der Waals surface area contributed by atoms with Crippen molar-refractivity contribution in [1.29, 1.82) is 0 Å². The maximum atomic E-state index is 13.8. The molecule has 6 atom stereocenters. The Morgan fingerprint density at radius 3 is 2.56 bits per heavy atom. The molecule has 12 nitrogen and oxygen atoms in total. The Balaban J connectivity index is 1.62. The highest BCUT2D eigenvalue weighted by molar-refractivity contribution is 6.31. The number of hydrogen-bond acceptors (Lipinski definition) is 12. The van der Waals surface area contributed by atoms with Crippen LogP contribution in [0.4, 0.5) is 0 Å². The number of carbonyl (C=O) groups excluding carboxylic acids is 3. The second kappa shape index (κ2) is 12.0. The molecular formula is C30H35BNO11. The fourth-order valence-corrected chi connectivity index (χ4v) is 6.07. The van der Waals surface area contributed by atoms with Crippen molar-refractivity contribution in [2.24, 2.45) is 5.73 Å². The predicted molar refractivity (Wildman–Crippen MR) is 151 cm³/mol. The molecule has 4 unspecified atom stereocenters. The number of aliphatic hydroxyl groups is 2. The molecule has 13 heteroatoms. The van der Waals surface area contributed by atoms with Crippen LogP contribution in [0.25, 0.3) is 0 Å². The molecule has 0 spiro atoms. The lowest BCUT2D eigenvalue weighted by Gasteiger charge is -2.42. The Hall–Kier alpha value is -3.33. The van der Waals surface area contributed by atoms with E-state index >= 15 is 0 Å². The maximum Gasteiger partial charge on any atom is 0.293 e. The van der Waals surface area contributed by atoms with Crippen LogP contribution < -0.4 is 10.5 Å². The number of nitrogens with two attached hydrogens (primary N) is 1. The first-order valence-electron chi connectivity index (χ1n) is 14.2. The molecule has 6 N–H and O–H groups in total. The second-order valence-electron chi connectivity index (χ2n) is 11.3. The largest absolute Gasteiger partial charge is 0.507 e. The van der Waals surface area contributed by atoms with Crippen LogP contribution in [0.15, 0.2) is 18.2 Å². The molecular weight excluding hydrogens is 561 g/mol. The van der Waals surface area contributed by atoms with Gasteiger partial charge in [0.05, 0.1) is 48.7 Å². The summed E-state index contributed by atoms with van der Waals surface area (Å²) in [5, 5.41) is 45.1. The van der Waals surface area contributed by atoms with Gasteiger partial charge in [-0.15, -0.1) is 0 Å². The number of Topliss-reactive ketones (excluding diaryl/α,β-unsaturated/α-hetero) is 1. The van der Waals surface area contributed by atoms with E-state index in [1.165, 1.54) is 32.8 Å². The fraction of sp³-hybridized carbons (Fsp3) is 0.500. The highest BCUT2D eigenvalue weighted by atomic mass is 16.7. The summed E-state index contributed by atoms with van der Waals surface area (Å²) in [6.07, 6.45) is -3.47. The van der Waals surface area contributed by atoms with Gasteiger partial charge in [0.1, 0.15) is 22.8 Å². The van der Waals surface area contributed by atoms with Crippen LogP contribution in [0.2, 0.25) is 6.32 Å². The van der Waals surface area contributed by atoms with Crippen molar-refractivity contribution >= 4 is 24.8 Å². The molecule has 229 valence electrons. The molecule has 0 amide bonds. The Morgan fingerprint density at radius 1 is 1.16 bits per heavy atom. The van der Waals surface area contributed by atoms with E-state index in [2.05, 4.69) is 0 Å². The van der Waals surface area contributed by atoms with E-state index in [1.807, 2.05) is 6.92 Å². The summed E-state index contributed by atoms with van der Waals surface area (Å²) in [6.45, 7) is 3.08. The first kappa shape index (κ1) is 31.1. The van der Waals surface area contributed by atoms with Crippen molar-refractivity contribution in [3.63, 3.8) is 0 Å². The molecule has 3 aliphatic rings. The summed E-state index contributed by atoms with van der Waals surface area (Å²) in [7, 11) is 2.80. The van der Waals surface area contributed by atoms with Crippen LogP contribution in [-0.4, -0.2) is 89.1 Å². The molecule has 0 saturated carbocycles. The van der Waals surface area contributed by atoms with Gasteiger partial charge in [-0.3, -0.25) is 14.4 Å². The molecule has 0 bridgehead atoms. The molecule has 5 rings (SSSR count). The Morgan fingerprint density at radius 2 is 1.88 bits per heavy atom. The van der Waals surface area contributed by atoms with Crippen LogP contribution in [0.1, 0.15) is 82.2 Å². The summed E-state index contributed by atoms with van der Waals surface area (Å²) in [5.74, 6) is -3.36. The van der Waals surface area contributed by atoms with E-state index in [0.717, 1.165) is 6.42 Å². The van der Waals surface area contributed by atoms with Gasteiger partial charge in [0.25, 0.3) is 7.48 Å². The highest BCUT2D eigenvalue weighted by Gasteiger charge is 2.50. The zero-order valence-electron chi connectivity index (χ0n) is 24.2. The third-order valence-corrected chi connectivity index (χ3v) is 8.40. The molecule has 1 radical (unpaired) electrons. The SMILES string of the molecule is CCC[B]OCC(=O)[C@]1(O)Cc2c(O)c3c(c(O)c2[C@@H](OC2CC(N)C(O)C(C)O2)C1)C(=O)c1c(OC)cccc1C3=O. The Kier molecular flexibility index (Phi) is 8.67. The average Bonchev–Trinajstić information content (AvgIpc) is 2.97. The number of carbonyl (C=O) groups is 3. The highest BCUT2D eigenvalue weighted by Crippen LogP contribution is 2.52. The lowest BCUT2D eigenvalue weighted by atomic mass is 9.71. The number of phenols is 2. The maximum absolute atomic E-state index is 13.8. The average molecular weight is 596 g/mol. The normalized spacial score (nSPS) is 28.1. The third-order valence-electron chi connectivity index (χ3n) is 8.40. The molecule has 0 aromatic heterocycles. The summed E-state index contributed by atoms with van der Waals surface area (Å²) in [6, 6.07) is 3.72. The van der Waals surface area contributed by atoms with Crippen LogP contribution in [0.3, 0.4) is 0 Å². The van der Waals surface area contributed by atoms with E-state index < -0.39 is 95.7 Å². The van der Waals surface area contributed by atoms with Crippen molar-refractivity contribution in [2.45, 2.75) is 82.1 Å². The van der Waals surface area contributed by atoms with E-state index in [4.69, 9.17) is 24.6 Å². The zero-order valence-corrected chi connectivity index (χ0v) is 24.2. The predicted octanol–water partition coefficient (Wildman–Crippen LogP) is 1.47. The van der Waals surface area contributed by atoms with Crippen LogP contribution in [-0.2, 0) is 25.3 Å². The Bertz CT molecular complexity index is 1450. The number of rotatable bonds is 9. The number of fused-ring (bicyclic) bond motifs is 3. The molecule has 1 fully saturated rings. The fourth-order valence-electron chi connectivity index (χ4n) is 6.07. The van der Waals surface area contributed by atoms with Gasteiger partial charge in [0.15, 0.2) is 17.9 Å². The summed E-state index contributed by atoms with van der Waals surface area (Å²) in [4.78, 5) is 40.7. The summed E-state index contributed by atoms with van der Waals surface area (Å²) in [5.41, 5.74) is 2.76. The molecule has 1 saturated heterocycles. The molecule has 2 aliphatic carbocycles. The lowest BCUT2D eigenvalue weighted by Crippen LogP contribution is -2.53. The van der Waals surface area contributed by atoms with Gasteiger partial charge >= 0.3 is 0 Å². The van der Waals surface area contributed by atoms with Crippen LogP contribution in [0.5, 0.6) is 17.2 Å². The third kappa shape index (κ3) is 5.34. The van der Waals surface area contributed by atoms with E-state index in [9.17, 15) is 34.8 Å². The Labute approximate surface area is 249 Å². The molecule has 1 aliphatic heterocycles. The molecule has 1 heterocycles. The van der Waals surface area contributed by atoms with Crippen molar-refractivity contribution in [2.75, 3.05) is 13.7 Å². The minimum absolute atomic E-state index is 0.0292. The van der Waals surface area contributed by atoms with Gasteiger partial charge in [-0.1, -0.05) is 31.8 Å². The zero-order chi connectivity index (χ0) is 31.2. The number of ketones is 3. The first-order chi connectivity index (χ1) is 20.4. The second-order valence-corrected chi connectivity index (χ2v) is 11.3. The van der Waals surface area contributed by atoms with Crippen molar-refractivity contribution in [3.8, 4) is 17.2 Å². The van der Waals surface area contributed by atoms with Gasteiger partial charge in [-0.2, -0.15) is 0 Å². The summed E-state index contributed by atoms with van der Waals surface area (Å²) < 4.78 is 22.6. The van der Waals surface area contributed by atoms with Crippen molar-refractivity contribution < 1.29 is 53.7 Å². The first-order valence-corrected chi connectivity index (χ1v) is 14.2. The van der Waals surface area contributed by atoms with Gasteiger partial charge in [-0.25, -0.2) is 0 Å². The number of ether oxygens (including phenoxy) is 3. The quantitative estimate of drug-likeness (QED) is 0.136. The molecule has 2 aromatic carbocycles. The number of benzene rings is 2. The van der Waals surface area contributed by atoms with Gasteiger partial charge < -0.3 is 45.0 Å². The lowest BCUT2D eigenvalue weighted by molar-refractivity contribution is -0.247. The molecule has 2 aromatic rings. The van der Waals surface area contributed by atoms with Gasteiger partial charge in [0.2, 0.25) is 5.78 Å². The minimum Gasteiger partial charge on any atom is -0.507 e. The van der Waals surface area contributed by atoms with Crippen LogP contribution >= 0.6 is 0 Å². The van der Waals surface area contributed by atoms with Gasteiger partial charge in [0, 0.05) is 42.0 Å². The van der Waals surface area contributed by atoms with E-state index in [-0.39, 0.29) is 34.4 Å². The van der Waals surface area contributed by atoms with Crippen molar-refractivity contribution in [3.05, 3.63) is 51.6 Å². The van der Waals surface area contributed by atoms with Gasteiger partial charge in [-0.05, 0) is 13.0 Å². The number of aliphatic hydroxyl groups excluding tert-OH is 1. The molecule has 43 heavy (non-hydrogen) atoms. The number of hydrogen-bond donors (Lipinski definition) is 5. The van der Waals surface area contributed by atoms with Crippen LogP contribution in [0, 0.1) is 0 Å². The summed E-state index contributed by atoms with van der Waals surface area (Å²) >= 11 is 0. The standard InChI is InChI=1S/C30H35BNO11/c1-4-8-31-41-12-19(33)30(39)10-15-22(18(11-30)43-20-9-16(32)25(34)13(2)42-20)29(38)24-23(27(15)36)26(35)14-6-5-7-17(40-3)21(14)28(24)37/h5-7,13,16,18,20,25,34,36,38-39H,4,8-12,32H2,1-3H3/t13?,16?,18-,20?,25?,30-/m0/s1. The van der Waals surface area contributed by atoms with Crippen molar-refractivity contribution in [1.82, 2.24) is 0 Å². The topological polar surface area (TPSA) is 195 Å².